The molecule has 0 unspecified atom stereocenters. The molecule has 1 aromatic carbocycles. The third-order valence-corrected chi connectivity index (χ3v) is 3.48. The van der Waals surface area contributed by atoms with E-state index in [0.29, 0.717) is 23.9 Å². The number of carbonyl (C=O) groups excluding carboxylic acids is 1. The van der Waals surface area contributed by atoms with Crippen molar-refractivity contribution in [1.29, 1.82) is 0 Å². The first-order valence-corrected chi connectivity index (χ1v) is 7.92. The van der Waals surface area contributed by atoms with Crippen LogP contribution >= 0.6 is 15.9 Å². The Morgan fingerprint density at radius 3 is 2.77 bits per heavy atom. The van der Waals surface area contributed by atoms with E-state index in [2.05, 4.69) is 20.9 Å². The molecule has 0 saturated carbocycles. The van der Waals surface area contributed by atoms with Crippen LogP contribution < -0.4 is 5.56 Å². The van der Waals surface area contributed by atoms with E-state index in [9.17, 15) is 9.59 Å². The van der Waals surface area contributed by atoms with Crippen LogP contribution in [-0.2, 0) is 16.1 Å². The van der Waals surface area contributed by atoms with Crippen LogP contribution in [0.1, 0.15) is 33.6 Å². The molecule has 5 nitrogen and oxygen atoms in total. The van der Waals surface area contributed by atoms with Crippen molar-refractivity contribution in [3.8, 4) is 0 Å². The van der Waals surface area contributed by atoms with Crippen LogP contribution in [0.2, 0.25) is 0 Å². The van der Waals surface area contributed by atoms with Gasteiger partial charge in [-0.25, -0.2) is 4.98 Å². The van der Waals surface area contributed by atoms with E-state index < -0.39 is 5.60 Å². The molecular formula is C16H19BrN2O3. The summed E-state index contributed by atoms with van der Waals surface area (Å²) in [4.78, 5) is 28.3. The Hall–Kier alpha value is -1.69. The Morgan fingerprint density at radius 2 is 2.09 bits per heavy atom. The van der Waals surface area contributed by atoms with Crippen LogP contribution in [0.5, 0.6) is 0 Å². The minimum atomic E-state index is -0.481. The van der Waals surface area contributed by atoms with Gasteiger partial charge in [-0.05, 0) is 45.4 Å². The fourth-order valence-corrected chi connectivity index (χ4v) is 2.44. The van der Waals surface area contributed by atoms with Gasteiger partial charge < -0.3 is 4.74 Å². The van der Waals surface area contributed by atoms with Crippen LogP contribution in [0.15, 0.2) is 33.8 Å². The van der Waals surface area contributed by atoms with Crippen molar-refractivity contribution in [3.05, 3.63) is 39.4 Å². The van der Waals surface area contributed by atoms with Gasteiger partial charge in [-0.1, -0.05) is 15.9 Å². The van der Waals surface area contributed by atoms with Gasteiger partial charge in [-0.3, -0.25) is 14.2 Å². The van der Waals surface area contributed by atoms with Gasteiger partial charge in [0, 0.05) is 17.4 Å². The Labute approximate surface area is 137 Å². The molecule has 2 aromatic rings. The first kappa shape index (κ1) is 16.7. The van der Waals surface area contributed by atoms with Gasteiger partial charge >= 0.3 is 5.97 Å². The van der Waals surface area contributed by atoms with Gasteiger partial charge in [0.25, 0.3) is 5.56 Å². The van der Waals surface area contributed by atoms with Gasteiger partial charge in [-0.2, -0.15) is 0 Å². The molecule has 0 spiro atoms. The predicted molar refractivity (Wildman–Crippen MR) is 88.8 cm³/mol. The molecule has 1 heterocycles. The summed E-state index contributed by atoms with van der Waals surface area (Å²) in [6, 6.07) is 5.41. The number of hydrogen-bond donors (Lipinski definition) is 0. The molecule has 2 rings (SSSR count). The topological polar surface area (TPSA) is 61.2 Å². The van der Waals surface area contributed by atoms with E-state index in [4.69, 9.17) is 4.74 Å². The van der Waals surface area contributed by atoms with Gasteiger partial charge in [-0.15, -0.1) is 0 Å². The highest BCUT2D eigenvalue weighted by Crippen LogP contribution is 2.15. The number of rotatable bonds is 4. The molecule has 22 heavy (non-hydrogen) atoms. The molecule has 6 heteroatoms. The highest BCUT2D eigenvalue weighted by molar-refractivity contribution is 9.10. The number of aryl methyl sites for hydroxylation is 1. The third kappa shape index (κ3) is 4.40. The lowest BCUT2D eigenvalue weighted by Gasteiger charge is -2.19. The number of halogens is 1. The fraction of sp³-hybridized carbons (Fsp3) is 0.438. The molecule has 1 aromatic heterocycles. The van der Waals surface area contributed by atoms with E-state index in [-0.39, 0.29) is 17.9 Å². The maximum absolute atomic E-state index is 12.4. The third-order valence-electron chi connectivity index (χ3n) is 2.99. The summed E-state index contributed by atoms with van der Waals surface area (Å²) >= 11 is 3.35. The van der Waals surface area contributed by atoms with Gasteiger partial charge in [0.05, 0.1) is 17.2 Å². The lowest BCUT2D eigenvalue weighted by atomic mass is 10.2. The van der Waals surface area contributed by atoms with Crippen LogP contribution in [0.4, 0.5) is 0 Å². The lowest BCUT2D eigenvalue weighted by molar-refractivity contribution is -0.154. The zero-order valence-corrected chi connectivity index (χ0v) is 14.5. The lowest BCUT2D eigenvalue weighted by Crippen LogP contribution is -2.25. The Bertz CT molecular complexity index is 747. The number of benzene rings is 1. The SMILES string of the molecule is CC(C)(C)OC(=O)CCCn1cnc2ccc(Br)cc2c1=O. The first-order chi connectivity index (χ1) is 10.3. The Balaban J connectivity index is 2.05. The van der Waals surface area contributed by atoms with Crippen LogP contribution in [0, 0.1) is 0 Å². The quantitative estimate of drug-likeness (QED) is 0.779. The van der Waals surface area contributed by atoms with Crippen LogP contribution in [-0.4, -0.2) is 21.1 Å². The number of aromatic nitrogens is 2. The summed E-state index contributed by atoms with van der Waals surface area (Å²) < 4.78 is 7.61. The average molecular weight is 367 g/mol. The number of ether oxygens (including phenoxy) is 1. The van der Waals surface area contributed by atoms with Crippen LogP contribution in [0.3, 0.4) is 0 Å². The number of nitrogens with zero attached hydrogens (tertiary/aromatic N) is 2. The molecule has 0 aliphatic carbocycles. The molecule has 0 aliphatic heterocycles. The standard InChI is InChI=1S/C16H19BrN2O3/c1-16(2,3)22-14(20)5-4-8-19-10-18-13-7-6-11(17)9-12(13)15(19)21/h6-7,9-10H,4-5,8H2,1-3H3. The van der Waals surface area contributed by atoms with Gasteiger partial charge in [0.2, 0.25) is 0 Å². The maximum Gasteiger partial charge on any atom is 0.306 e. The second-order valence-corrected chi connectivity index (χ2v) is 7.01. The number of esters is 1. The zero-order chi connectivity index (χ0) is 16.3. The van der Waals surface area contributed by atoms with Crippen molar-refractivity contribution in [1.82, 2.24) is 9.55 Å². The van der Waals surface area contributed by atoms with Crippen LogP contribution in [0.25, 0.3) is 10.9 Å². The van der Waals surface area contributed by atoms with Crippen molar-refractivity contribution in [3.63, 3.8) is 0 Å². The van der Waals surface area contributed by atoms with Crippen molar-refractivity contribution >= 4 is 32.8 Å². The summed E-state index contributed by atoms with van der Waals surface area (Å²) in [5.74, 6) is -0.253. The van der Waals surface area contributed by atoms with E-state index in [1.165, 1.54) is 10.9 Å². The number of fused-ring (bicyclic) bond motifs is 1. The minimum absolute atomic E-state index is 0.101. The number of hydrogen-bond acceptors (Lipinski definition) is 4. The van der Waals surface area contributed by atoms with Gasteiger partial charge in [0.1, 0.15) is 5.60 Å². The summed E-state index contributed by atoms with van der Waals surface area (Å²) in [6.45, 7) is 5.94. The predicted octanol–water partition coefficient (Wildman–Crippen LogP) is 3.28. The molecule has 0 amide bonds. The largest absolute Gasteiger partial charge is 0.460 e. The van der Waals surface area contributed by atoms with E-state index >= 15 is 0 Å². The van der Waals surface area contributed by atoms with E-state index in [1.807, 2.05) is 26.8 Å². The van der Waals surface area contributed by atoms with Crippen molar-refractivity contribution in [2.24, 2.45) is 0 Å². The molecule has 0 aliphatic rings. The fourth-order valence-electron chi connectivity index (χ4n) is 2.08. The van der Waals surface area contributed by atoms with E-state index in [0.717, 1.165) is 4.47 Å². The maximum atomic E-state index is 12.4. The second kappa shape index (κ2) is 6.60. The molecule has 0 atom stereocenters. The Morgan fingerprint density at radius 1 is 1.36 bits per heavy atom. The molecule has 0 N–H and O–H groups in total. The average Bonchev–Trinajstić information content (AvgIpc) is 2.40. The summed E-state index contributed by atoms with van der Waals surface area (Å²) in [5.41, 5.74) is 0.0807. The van der Waals surface area contributed by atoms with E-state index in [1.54, 1.807) is 12.1 Å². The molecule has 118 valence electrons. The first-order valence-electron chi connectivity index (χ1n) is 7.13. The smallest absolute Gasteiger partial charge is 0.306 e. The van der Waals surface area contributed by atoms with Crippen molar-refractivity contribution in [2.45, 2.75) is 45.8 Å². The van der Waals surface area contributed by atoms with Crippen molar-refractivity contribution in [2.75, 3.05) is 0 Å². The molecule has 0 saturated heterocycles. The molecule has 0 fully saturated rings. The zero-order valence-electron chi connectivity index (χ0n) is 12.9. The molecular weight excluding hydrogens is 348 g/mol. The van der Waals surface area contributed by atoms with Gasteiger partial charge in [0.15, 0.2) is 0 Å². The normalized spacial score (nSPS) is 11.6. The highest BCUT2D eigenvalue weighted by atomic mass is 79.9. The second-order valence-electron chi connectivity index (χ2n) is 6.09. The highest BCUT2D eigenvalue weighted by Gasteiger charge is 2.15. The van der Waals surface area contributed by atoms with Crippen molar-refractivity contribution < 1.29 is 9.53 Å². The molecule has 0 bridgehead atoms. The number of carbonyl (C=O) groups is 1. The summed E-state index contributed by atoms with van der Waals surface area (Å²) in [6.07, 6.45) is 2.34. The summed E-state index contributed by atoms with van der Waals surface area (Å²) in [5, 5.41) is 0.564. The monoisotopic (exact) mass is 366 g/mol. The molecule has 0 radical (unpaired) electrons. The minimum Gasteiger partial charge on any atom is -0.460 e. The summed E-state index contributed by atoms with van der Waals surface area (Å²) in [7, 11) is 0. The Kier molecular flexibility index (Phi) is 5.01.